The van der Waals surface area contributed by atoms with Gasteiger partial charge in [-0.05, 0) is 30.2 Å². The number of nitrogens with two attached hydrogens (primary N) is 1. The highest BCUT2D eigenvalue weighted by Gasteiger charge is 2.13. The van der Waals surface area contributed by atoms with E-state index in [9.17, 15) is 23.6 Å². The Labute approximate surface area is 162 Å². The van der Waals surface area contributed by atoms with E-state index >= 15 is 0 Å². The van der Waals surface area contributed by atoms with Gasteiger partial charge in [0, 0.05) is 20.3 Å². The van der Waals surface area contributed by atoms with Crippen molar-refractivity contribution in [1.82, 2.24) is 4.57 Å². The summed E-state index contributed by atoms with van der Waals surface area (Å²) in [5.41, 5.74) is 5.12. The highest BCUT2D eigenvalue weighted by Crippen LogP contribution is 2.15. The molecule has 0 unspecified atom stereocenters. The van der Waals surface area contributed by atoms with Crippen molar-refractivity contribution in [3.8, 4) is 11.8 Å². The maximum atomic E-state index is 12.7. The van der Waals surface area contributed by atoms with Crippen molar-refractivity contribution >= 4 is 28.9 Å². The number of thiazole rings is 1. The first kappa shape index (κ1) is 21.3. The van der Waals surface area contributed by atoms with Crippen LogP contribution in [0.25, 0.3) is 11.6 Å². The van der Waals surface area contributed by atoms with Gasteiger partial charge < -0.3 is 15.2 Å². The fraction of sp³-hybridized carbons (Fsp3) is 0.278. The third-order valence-electron chi connectivity index (χ3n) is 3.61. The number of amides is 1. The van der Waals surface area contributed by atoms with Crippen LogP contribution in [0.3, 0.4) is 0 Å². The van der Waals surface area contributed by atoms with Gasteiger partial charge in [-0.1, -0.05) is 12.1 Å². The van der Waals surface area contributed by atoms with Gasteiger partial charge in [-0.25, -0.2) is 0 Å². The van der Waals surface area contributed by atoms with Crippen molar-refractivity contribution in [1.29, 1.82) is 5.26 Å². The van der Waals surface area contributed by atoms with E-state index in [1.807, 2.05) is 0 Å². The topological polar surface area (TPSA) is 107 Å². The molecule has 0 aliphatic heterocycles. The highest BCUT2D eigenvalue weighted by molar-refractivity contribution is 7.07. The van der Waals surface area contributed by atoms with Gasteiger partial charge in [-0.15, -0.1) is 11.3 Å². The second-order valence-corrected chi connectivity index (χ2v) is 6.55. The van der Waals surface area contributed by atoms with Crippen molar-refractivity contribution in [2.45, 2.75) is 19.6 Å². The number of methoxy groups -OCH3 is 1. The minimum atomic E-state index is -2.93. The van der Waals surface area contributed by atoms with Gasteiger partial charge in [0.25, 0.3) is 11.5 Å². The molecular formula is C18H17F2N3O4S. The molecule has 10 heteroatoms. The number of hydrogen-bond donors (Lipinski definition) is 1. The molecule has 0 spiro atoms. The van der Waals surface area contributed by atoms with Crippen LogP contribution in [0.2, 0.25) is 0 Å². The van der Waals surface area contributed by atoms with E-state index < -0.39 is 18.1 Å². The van der Waals surface area contributed by atoms with Gasteiger partial charge in [0.1, 0.15) is 16.5 Å². The Morgan fingerprint density at radius 2 is 2.07 bits per heavy atom. The number of nitrogens with zero attached hydrogens (tertiary/aromatic N) is 2. The van der Waals surface area contributed by atoms with Crippen molar-refractivity contribution in [2.24, 2.45) is 5.73 Å². The van der Waals surface area contributed by atoms with Crippen LogP contribution in [-0.4, -0.2) is 30.8 Å². The number of aromatic nitrogens is 1. The number of rotatable bonds is 8. The second kappa shape index (κ2) is 9.77. The lowest BCUT2D eigenvalue weighted by Gasteiger charge is -2.03. The van der Waals surface area contributed by atoms with Gasteiger partial charge in [0.2, 0.25) is 0 Å². The van der Waals surface area contributed by atoms with Crippen molar-refractivity contribution in [3.05, 3.63) is 49.4 Å². The molecule has 0 aliphatic carbocycles. The van der Waals surface area contributed by atoms with Crippen molar-refractivity contribution in [3.63, 3.8) is 0 Å². The van der Waals surface area contributed by atoms with Crippen LogP contribution in [0.15, 0.2) is 29.1 Å². The van der Waals surface area contributed by atoms with Crippen LogP contribution in [-0.2, 0) is 16.1 Å². The van der Waals surface area contributed by atoms with Crippen LogP contribution < -0.4 is 25.2 Å². The van der Waals surface area contributed by atoms with Crippen molar-refractivity contribution in [2.75, 3.05) is 13.7 Å². The van der Waals surface area contributed by atoms with Gasteiger partial charge in [-0.2, -0.15) is 14.0 Å². The fourth-order valence-corrected chi connectivity index (χ4v) is 3.51. The van der Waals surface area contributed by atoms with E-state index in [0.29, 0.717) is 18.6 Å². The molecule has 2 aromatic rings. The lowest BCUT2D eigenvalue weighted by Crippen LogP contribution is -2.34. The lowest BCUT2D eigenvalue weighted by molar-refractivity contribution is -0.112. The zero-order valence-electron chi connectivity index (χ0n) is 14.9. The van der Waals surface area contributed by atoms with Crippen LogP contribution in [0, 0.1) is 11.3 Å². The maximum Gasteiger partial charge on any atom is 0.387 e. The third-order valence-corrected chi connectivity index (χ3v) is 4.74. The summed E-state index contributed by atoms with van der Waals surface area (Å²) in [5.74, 6) is -0.936. The molecule has 0 radical (unpaired) electrons. The van der Waals surface area contributed by atoms with E-state index in [0.717, 1.165) is 11.3 Å². The minimum Gasteiger partial charge on any atom is -0.435 e. The molecule has 0 saturated heterocycles. The zero-order chi connectivity index (χ0) is 20.7. The summed E-state index contributed by atoms with van der Waals surface area (Å²) in [4.78, 5) is 24.3. The molecular weight excluding hydrogens is 392 g/mol. The second-order valence-electron chi connectivity index (χ2n) is 5.52. The third kappa shape index (κ3) is 5.25. The Bertz CT molecular complexity index is 1050. The molecule has 0 atom stereocenters. The molecule has 0 saturated carbocycles. The fourth-order valence-electron chi connectivity index (χ4n) is 2.38. The SMILES string of the molecule is COCCCn1c(=C(C#N)C(N)=O)sc(=Cc2ccc(OC(F)F)cc2)c1=O. The van der Waals surface area contributed by atoms with Gasteiger partial charge in [0.05, 0.1) is 4.53 Å². The van der Waals surface area contributed by atoms with E-state index in [1.54, 1.807) is 6.07 Å². The van der Waals surface area contributed by atoms with Crippen LogP contribution in [0.4, 0.5) is 8.78 Å². The number of primary amides is 1. The normalized spacial score (nSPS) is 12.8. The molecule has 28 heavy (non-hydrogen) atoms. The predicted molar refractivity (Wildman–Crippen MR) is 99.2 cm³/mol. The number of benzene rings is 1. The first-order valence-corrected chi connectivity index (χ1v) is 8.88. The van der Waals surface area contributed by atoms with E-state index in [2.05, 4.69) is 4.74 Å². The van der Waals surface area contributed by atoms with Gasteiger partial charge in [-0.3, -0.25) is 14.2 Å². The molecule has 148 valence electrons. The standard InChI is InChI=1S/C18H17F2N3O4S/c1-26-8-2-7-23-16(25)14(28-17(23)13(10-21)15(22)24)9-11-3-5-12(6-4-11)27-18(19)20/h3-6,9,18H,2,7-8H2,1H3,(H2,22,24). The molecule has 1 aromatic carbocycles. The minimum absolute atomic E-state index is 0.00942. The van der Waals surface area contributed by atoms with Gasteiger partial charge in [0.15, 0.2) is 5.57 Å². The van der Waals surface area contributed by atoms with E-state index in [1.165, 1.54) is 42.0 Å². The largest absolute Gasteiger partial charge is 0.435 e. The molecule has 2 N–H and O–H groups in total. The summed E-state index contributed by atoms with van der Waals surface area (Å²) >= 11 is 0.957. The number of carbonyl (C=O) groups is 1. The maximum absolute atomic E-state index is 12.7. The van der Waals surface area contributed by atoms with E-state index in [-0.39, 0.29) is 27.1 Å². The Balaban J connectivity index is 2.56. The highest BCUT2D eigenvalue weighted by atomic mass is 32.1. The summed E-state index contributed by atoms with van der Waals surface area (Å²) in [6.45, 7) is -2.29. The average molecular weight is 409 g/mol. The number of nitriles is 1. The molecule has 7 nitrogen and oxygen atoms in total. The predicted octanol–water partition coefficient (Wildman–Crippen LogP) is 0.536. The summed E-state index contributed by atoms with van der Waals surface area (Å²) < 4.78 is 35.4. The summed E-state index contributed by atoms with van der Waals surface area (Å²) in [7, 11) is 1.52. The smallest absolute Gasteiger partial charge is 0.387 e. The Hall–Kier alpha value is -3.03. The number of alkyl halides is 2. The van der Waals surface area contributed by atoms with Crippen molar-refractivity contribution < 1.29 is 23.0 Å². The van der Waals surface area contributed by atoms with Crippen LogP contribution in [0.5, 0.6) is 5.75 Å². The molecule has 0 bridgehead atoms. The molecule has 1 aromatic heterocycles. The Morgan fingerprint density at radius 3 is 2.61 bits per heavy atom. The number of ether oxygens (including phenoxy) is 2. The average Bonchev–Trinajstić information content (AvgIpc) is 2.93. The summed E-state index contributed by atoms with van der Waals surface area (Å²) in [5, 5.41) is 9.23. The van der Waals surface area contributed by atoms with E-state index in [4.69, 9.17) is 10.5 Å². The quantitative estimate of drug-likeness (QED) is 0.641. The van der Waals surface area contributed by atoms with Crippen LogP contribution >= 0.6 is 11.3 Å². The monoisotopic (exact) mass is 409 g/mol. The Morgan fingerprint density at radius 1 is 1.39 bits per heavy atom. The number of hydrogen-bond acceptors (Lipinski definition) is 6. The molecule has 1 heterocycles. The first-order valence-electron chi connectivity index (χ1n) is 8.06. The lowest BCUT2D eigenvalue weighted by atomic mass is 10.2. The zero-order valence-corrected chi connectivity index (χ0v) is 15.7. The molecule has 1 amide bonds. The molecule has 0 fully saturated rings. The molecule has 0 aliphatic rings. The summed E-state index contributed by atoms with van der Waals surface area (Å²) in [6.07, 6.45) is 2.03. The summed E-state index contributed by atoms with van der Waals surface area (Å²) in [6, 6.07) is 7.45. The number of carbonyl (C=O) groups excluding carboxylic acids is 1. The van der Waals surface area contributed by atoms with Gasteiger partial charge >= 0.3 is 6.61 Å². The Kier molecular flexibility index (Phi) is 7.43. The first-order chi connectivity index (χ1) is 13.4. The van der Waals surface area contributed by atoms with Crippen LogP contribution in [0.1, 0.15) is 12.0 Å². The molecule has 2 rings (SSSR count). The number of halogens is 2.